The van der Waals surface area contributed by atoms with Gasteiger partial charge in [-0.1, -0.05) is 26.0 Å². The van der Waals surface area contributed by atoms with Crippen molar-refractivity contribution in [3.8, 4) is 0 Å². The van der Waals surface area contributed by atoms with E-state index in [1.165, 1.54) is 18.4 Å². The average Bonchev–Trinajstić information content (AvgIpc) is 2.49. The lowest BCUT2D eigenvalue weighted by atomic mass is 9.64. The van der Waals surface area contributed by atoms with Gasteiger partial charge in [-0.05, 0) is 42.9 Å². The number of ketones is 1. The van der Waals surface area contributed by atoms with Crippen LogP contribution in [0.15, 0.2) is 12.2 Å². The molecule has 0 aliphatic heterocycles. The zero-order chi connectivity index (χ0) is 10.8. The molecule has 0 amide bonds. The first kappa shape index (κ1) is 9.62. The Morgan fingerprint density at radius 1 is 1.20 bits per heavy atom. The summed E-state index contributed by atoms with van der Waals surface area (Å²) >= 11 is 0. The molecular weight excluding hydrogens is 184 g/mol. The van der Waals surface area contributed by atoms with E-state index in [0.29, 0.717) is 29.0 Å². The van der Waals surface area contributed by atoms with Gasteiger partial charge in [-0.15, -0.1) is 0 Å². The summed E-state index contributed by atoms with van der Waals surface area (Å²) in [6, 6.07) is 0. The number of hydrogen-bond donors (Lipinski definition) is 0. The molecule has 4 atom stereocenters. The van der Waals surface area contributed by atoms with Crippen molar-refractivity contribution in [1.29, 1.82) is 0 Å². The lowest BCUT2D eigenvalue weighted by molar-refractivity contribution is -0.128. The van der Waals surface area contributed by atoms with E-state index in [2.05, 4.69) is 20.4 Å². The minimum absolute atomic E-state index is 0.223. The van der Waals surface area contributed by atoms with Crippen LogP contribution in [0.3, 0.4) is 0 Å². The van der Waals surface area contributed by atoms with E-state index in [4.69, 9.17) is 0 Å². The SMILES string of the molecule is C=C1[C@@H]2CCC(C)(C)[C@H]3[C@H](CC[C@@H]13)C2=O. The van der Waals surface area contributed by atoms with Gasteiger partial charge < -0.3 is 0 Å². The van der Waals surface area contributed by atoms with Crippen LogP contribution in [0.5, 0.6) is 0 Å². The van der Waals surface area contributed by atoms with Crippen molar-refractivity contribution >= 4 is 5.78 Å². The summed E-state index contributed by atoms with van der Waals surface area (Å²) in [6.07, 6.45) is 4.63. The van der Waals surface area contributed by atoms with Gasteiger partial charge in [0.15, 0.2) is 0 Å². The lowest BCUT2D eigenvalue weighted by Gasteiger charge is -2.40. The first-order valence-corrected chi connectivity index (χ1v) is 6.25. The molecule has 4 aliphatic carbocycles. The number of allylic oxidation sites excluding steroid dienone is 1. The van der Waals surface area contributed by atoms with Crippen molar-refractivity contribution in [1.82, 2.24) is 0 Å². The third-order valence-corrected chi connectivity index (χ3v) is 5.27. The maximum absolute atomic E-state index is 12.3. The second-order valence-electron chi connectivity index (χ2n) is 6.37. The van der Waals surface area contributed by atoms with Crippen molar-refractivity contribution in [2.24, 2.45) is 29.1 Å². The number of hydrogen-bond acceptors (Lipinski definition) is 1. The summed E-state index contributed by atoms with van der Waals surface area (Å²) in [7, 11) is 0. The van der Waals surface area contributed by atoms with Gasteiger partial charge in [-0.2, -0.15) is 0 Å². The van der Waals surface area contributed by atoms with E-state index in [-0.39, 0.29) is 5.92 Å². The largest absolute Gasteiger partial charge is 0.299 e. The Balaban J connectivity index is 2.14. The van der Waals surface area contributed by atoms with E-state index < -0.39 is 0 Å². The predicted molar refractivity (Wildman–Crippen MR) is 60.4 cm³/mol. The van der Waals surface area contributed by atoms with E-state index in [0.717, 1.165) is 12.8 Å². The van der Waals surface area contributed by atoms with Gasteiger partial charge in [0.2, 0.25) is 0 Å². The summed E-state index contributed by atoms with van der Waals surface area (Å²) in [5.74, 6) is 2.40. The Morgan fingerprint density at radius 3 is 2.60 bits per heavy atom. The second-order valence-corrected chi connectivity index (χ2v) is 6.37. The summed E-state index contributed by atoms with van der Waals surface area (Å²) < 4.78 is 0. The van der Waals surface area contributed by atoms with E-state index >= 15 is 0 Å². The Kier molecular flexibility index (Phi) is 1.76. The van der Waals surface area contributed by atoms with E-state index in [1.807, 2.05) is 0 Å². The zero-order valence-corrected chi connectivity index (χ0v) is 9.75. The molecule has 4 aliphatic rings. The van der Waals surface area contributed by atoms with Gasteiger partial charge in [0.25, 0.3) is 0 Å². The second kappa shape index (κ2) is 2.75. The Bertz CT molecular complexity index is 315. The van der Waals surface area contributed by atoms with E-state index in [1.54, 1.807) is 0 Å². The quantitative estimate of drug-likeness (QED) is 0.554. The van der Waals surface area contributed by atoms with Crippen molar-refractivity contribution in [3.63, 3.8) is 0 Å². The van der Waals surface area contributed by atoms with Crippen LogP contribution in [0.4, 0.5) is 0 Å². The number of carbonyl (C=O) groups is 1. The highest BCUT2D eigenvalue weighted by Gasteiger charge is 2.57. The highest BCUT2D eigenvalue weighted by Crippen LogP contribution is 2.60. The van der Waals surface area contributed by atoms with Crippen LogP contribution in [0.1, 0.15) is 39.5 Å². The molecule has 0 aromatic carbocycles. The molecule has 0 spiro atoms. The van der Waals surface area contributed by atoms with Gasteiger partial charge in [0, 0.05) is 11.8 Å². The van der Waals surface area contributed by atoms with Crippen LogP contribution in [0.25, 0.3) is 0 Å². The van der Waals surface area contributed by atoms with Crippen molar-refractivity contribution in [2.45, 2.75) is 39.5 Å². The van der Waals surface area contributed by atoms with Crippen LogP contribution in [0.2, 0.25) is 0 Å². The predicted octanol–water partition coefficient (Wildman–Crippen LogP) is 3.20. The summed E-state index contributed by atoms with van der Waals surface area (Å²) in [6.45, 7) is 8.95. The molecule has 1 heteroatoms. The molecule has 0 saturated heterocycles. The third kappa shape index (κ3) is 1.07. The normalized spacial score (nSPS) is 47.1. The van der Waals surface area contributed by atoms with Gasteiger partial charge in [-0.25, -0.2) is 0 Å². The first-order valence-electron chi connectivity index (χ1n) is 6.25. The van der Waals surface area contributed by atoms with Crippen LogP contribution in [-0.4, -0.2) is 5.78 Å². The van der Waals surface area contributed by atoms with Crippen LogP contribution < -0.4 is 0 Å². The first-order chi connectivity index (χ1) is 7.02. The third-order valence-electron chi connectivity index (χ3n) is 5.27. The molecule has 4 bridgehead atoms. The average molecular weight is 204 g/mol. The Labute approximate surface area is 91.9 Å². The molecule has 0 unspecified atom stereocenters. The van der Waals surface area contributed by atoms with Gasteiger partial charge in [0.05, 0.1) is 0 Å². The Hall–Kier alpha value is -0.590. The van der Waals surface area contributed by atoms with E-state index in [9.17, 15) is 4.79 Å². The minimum Gasteiger partial charge on any atom is -0.299 e. The molecule has 0 heterocycles. The van der Waals surface area contributed by atoms with Crippen molar-refractivity contribution in [2.75, 3.05) is 0 Å². The number of Topliss-reactive ketones (excluding diaryl/α,β-unsaturated/α-hetero) is 1. The molecule has 82 valence electrons. The summed E-state index contributed by atoms with van der Waals surface area (Å²) in [5.41, 5.74) is 1.64. The maximum atomic E-state index is 12.3. The Morgan fingerprint density at radius 2 is 1.87 bits per heavy atom. The van der Waals surface area contributed by atoms with Crippen molar-refractivity contribution < 1.29 is 4.79 Å². The summed E-state index contributed by atoms with van der Waals surface area (Å²) in [5, 5.41) is 0. The zero-order valence-electron chi connectivity index (χ0n) is 9.75. The molecule has 1 nitrogen and oxygen atoms in total. The monoisotopic (exact) mass is 204 g/mol. The minimum atomic E-state index is 0.223. The van der Waals surface area contributed by atoms with Crippen molar-refractivity contribution in [3.05, 3.63) is 12.2 Å². The van der Waals surface area contributed by atoms with Gasteiger partial charge in [0.1, 0.15) is 5.78 Å². The topological polar surface area (TPSA) is 17.1 Å². The fourth-order valence-corrected chi connectivity index (χ4v) is 4.53. The standard InChI is InChI=1S/C14H20O/c1-8-9-4-5-11-12(9)14(2,3)7-6-10(8)13(11)15/h9-12H,1,4-7H2,2-3H3/t9-,10-,11-,12+/m0/s1. The number of carbonyl (C=O) groups excluding carboxylic acids is 1. The molecule has 0 aromatic heterocycles. The molecule has 0 N–H and O–H groups in total. The van der Waals surface area contributed by atoms with Crippen LogP contribution in [-0.2, 0) is 4.79 Å². The molecule has 15 heavy (non-hydrogen) atoms. The van der Waals surface area contributed by atoms with Gasteiger partial charge >= 0.3 is 0 Å². The fraction of sp³-hybridized carbons (Fsp3) is 0.786. The molecule has 4 saturated carbocycles. The molecular formula is C14H20O. The molecule has 4 rings (SSSR count). The van der Waals surface area contributed by atoms with Crippen LogP contribution >= 0.6 is 0 Å². The summed E-state index contributed by atoms with van der Waals surface area (Å²) in [4.78, 5) is 12.3. The maximum Gasteiger partial charge on any atom is 0.143 e. The van der Waals surface area contributed by atoms with Gasteiger partial charge in [-0.3, -0.25) is 4.79 Å². The molecule has 0 aromatic rings. The highest BCUT2D eigenvalue weighted by atomic mass is 16.1. The lowest BCUT2D eigenvalue weighted by Crippen LogP contribution is -2.39. The smallest absolute Gasteiger partial charge is 0.143 e. The van der Waals surface area contributed by atoms with Crippen LogP contribution in [0, 0.1) is 29.1 Å². The molecule has 4 fully saturated rings. The number of rotatable bonds is 0. The fourth-order valence-electron chi connectivity index (χ4n) is 4.53. The molecule has 0 radical (unpaired) electrons. The highest BCUT2D eigenvalue weighted by molar-refractivity contribution is 5.88. The number of fused-ring (bicyclic) bond motifs is 2.